The molecule has 1 saturated carbocycles. The van der Waals surface area contributed by atoms with Crippen LogP contribution >= 0.6 is 11.6 Å². The van der Waals surface area contributed by atoms with Crippen LogP contribution in [0.4, 0.5) is 13.2 Å². The van der Waals surface area contributed by atoms with E-state index in [0.29, 0.717) is 5.39 Å². The quantitative estimate of drug-likeness (QED) is 0.187. The maximum atomic E-state index is 15.1. The molecule has 3 aromatic carbocycles. The monoisotopic (exact) mass is 480 g/mol. The lowest BCUT2D eigenvalue weighted by molar-refractivity contribution is 0.254. The Morgan fingerprint density at radius 3 is 2.24 bits per heavy atom. The Labute approximate surface area is 204 Å². The fraction of sp³-hybridized carbons (Fsp3) is 0.333. The summed E-state index contributed by atoms with van der Waals surface area (Å²) in [5, 5.41) is 0.749. The molecule has 0 radical (unpaired) electrons. The highest BCUT2D eigenvalue weighted by molar-refractivity contribution is 6.30. The molecule has 0 aromatic heterocycles. The molecule has 0 N–H and O–H groups in total. The Bertz CT molecular complexity index is 1220. The number of aryl methyl sites for hydroxylation is 1. The summed E-state index contributed by atoms with van der Waals surface area (Å²) in [7, 11) is 0. The van der Waals surface area contributed by atoms with Crippen LogP contribution in [0.15, 0.2) is 55.1 Å². The van der Waals surface area contributed by atoms with Crippen molar-refractivity contribution in [2.45, 2.75) is 51.4 Å². The van der Waals surface area contributed by atoms with Crippen molar-refractivity contribution in [3.63, 3.8) is 0 Å². The predicted octanol–water partition coefficient (Wildman–Crippen LogP) is 9.02. The van der Waals surface area contributed by atoms with Crippen molar-refractivity contribution in [2.75, 3.05) is 0 Å². The van der Waals surface area contributed by atoms with Gasteiger partial charge in [-0.2, -0.15) is 0 Å². The smallest absolute Gasteiger partial charge is 0.146 e. The number of hydrogen-bond donors (Lipinski definition) is 0. The lowest BCUT2D eigenvalue weighted by Crippen LogP contribution is -2.15. The summed E-state index contributed by atoms with van der Waals surface area (Å²) in [6, 6.07) is 11.4. The Morgan fingerprint density at radius 1 is 0.882 bits per heavy atom. The van der Waals surface area contributed by atoms with Crippen molar-refractivity contribution in [2.24, 2.45) is 11.8 Å². The SMILES string of the molecule is C=CCCC1CCC(CCc2ccc3c(F)c(C#Cc4cc(F)c(Cl)c(F)c4)ccc3c2)CC1. The van der Waals surface area contributed by atoms with Crippen LogP contribution in [-0.4, -0.2) is 0 Å². The molecule has 0 amide bonds. The molecule has 4 rings (SSSR count). The summed E-state index contributed by atoms with van der Waals surface area (Å²) in [5.41, 5.74) is 1.50. The predicted molar refractivity (Wildman–Crippen MR) is 134 cm³/mol. The third kappa shape index (κ3) is 5.86. The molecule has 34 heavy (non-hydrogen) atoms. The van der Waals surface area contributed by atoms with E-state index in [0.717, 1.165) is 42.2 Å². The minimum absolute atomic E-state index is 0.101. The van der Waals surface area contributed by atoms with Crippen LogP contribution in [0, 0.1) is 41.1 Å². The summed E-state index contributed by atoms with van der Waals surface area (Å²) in [6.45, 7) is 3.83. The van der Waals surface area contributed by atoms with Gasteiger partial charge in [-0.3, -0.25) is 0 Å². The van der Waals surface area contributed by atoms with Crippen molar-refractivity contribution in [3.05, 3.63) is 94.3 Å². The molecule has 0 atom stereocenters. The molecule has 0 spiro atoms. The van der Waals surface area contributed by atoms with Gasteiger partial charge >= 0.3 is 0 Å². The number of benzene rings is 3. The first kappa shape index (κ1) is 24.4. The zero-order valence-electron chi connectivity index (χ0n) is 19.1. The molecule has 176 valence electrons. The van der Waals surface area contributed by atoms with E-state index in [4.69, 9.17) is 11.6 Å². The third-order valence-electron chi connectivity index (χ3n) is 6.93. The summed E-state index contributed by atoms with van der Waals surface area (Å²) in [5.74, 6) is 4.73. The minimum Gasteiger partial charge on any atom is -0.205 e. The molecule has 4 heteroatoms. The normalized spacial score (nSPS) is 17.9. The summed E-state index contributed by atoms with van der Waals surface area (Å²) in [4.78, 5) is 0. The Hall–Kier alpha value is -2.70. The zero-order valence-corrected chi connectivity index (χ0v) is 19.9. The molecule has 1 aliphatic rings. The van der Waals surface area contributed by atoms with Crippen LogP contribution in [0.5, 0.6) is 0 Å². The minimum atomic E-state index is -0.891. The first-order valence-corrected chi connectivity index (χ1v) is 12.3. The van der Waals surface area contributed by atoms with Crippen molar-refractivity contribution in [3.8, 4) is 11.8 Å². The second-order valence-corrected chi connectivity index (χ2v) is 9.66. The Morgan fingerprint density at radius 2 is 1.56 bits per heavy atom. The van der Waals surface area contributed by atoms with E-state index in [1.165, 1.54) is 44.1 Å². The second kappa shape index (κ2) is 11.2. The molecule has 0 bridgehead atoms. The summed E-state index contributed by atoms with van der Waals surface area (Å²) >= 11 is 5.50. The molecule has 1 fully saturated rings. The van der Waals surface area contributed by atoms with Crippen molar-refractivity contribution in [1.82, 2.24) is 0 Å². The molecular formula is C30H28ClF3. The fourth-order valence-corrected chi connectivity index (χ4v) is 5.00. The van der Waals surface area contributed by atoms with E-state index in [1.807, 2.05) is 18.2 Å². The highest BCUT2D eigenvalue weighted by Crippen LogP contribution is 2.34. The van der Waals surface area contributed by atoms with Gasteiger partial charge < -0.3 is 0 Å². The Kier molecular flexibility index (Phi) is 8.01. The molecule has 0 aliphatic heterocycles. The van der Waals surface area contributed by atoms with E-state index >= 15 is 4.39 Å². The second-order valence-electron chi connectivity index (χ2n) is 9.28. The van der Waals surface area contributed by atoms with Gasteiger partial charge in [0.2, 0.25) is 0 Å². The van der Waals surface area contributed by atoms with E-state index in [2.05, 4.69) is 24.5 Å². The standard InChI is InChI=1S/C30H28ClF3/c1-2-3-4-20-5-7-21(8-6-20)9-10-22-12-16-26-25(17-22)15-14-24(30(26)34)13-11-23-18-27(32)29(31)28(33)19-23/h2,12,14-21H,1,3-10H2. The number of hydrogen-bond acceptors (Lipinski definition) is 0. The topological polar surface area (TPSA) is 0 Å². The zero-order chi connectivity index (χ0) is 24.1. The summed E-state index contributed by atoms with van der Waals surface area (Å²) in [6.07, 6.45) is 11.8. The van der Waals surface area contributed by atoms with E-state index in [-0.39, 0.29) is 11.1 Å². The van der Waals surface area contributed by atoms with Crippen molar-refractivity contribution >= 4 is 22.4 Å². The van der Waals surface area contributed by atoms with Crippen LogP contribution in [0.1, 0.15) is 61.6 Å². The highest BCUT2D eigenvalue weighted by atomic mass is 35.5. The van der Waals surface area contributed by atoms with Crippen LogP contribution in [0.25, 0.3) is 10.8 Å². The van der Waals surface area contributed by atoms with Crippen LogP contribution in [0.2, 0.25) is 5.02 Å². The number of halogens is 4. The third-order valence-corrected chi connectivity index (χ3v) is 7.29. The van der Waals surface area contributed by atoms with E-state index in [1.54, 1.807) is 12.1 Å². The molecular weight excluding hydrogens is 453 g/mol. The van der Waals surface area contributed by atoms with E-state index in [9.17, 15) is 8.78 Å². The molecule has 0 heterocycles. The summed E-state index contributed by atoms with van der Waals surface area (Å²) < 4.78 is 42.3. The Balaban J connectivity index is 1.42. The highest BCUT2D eigenvalue weighted by Gasteiger charge is 2.20. The van der Waals surface area contributed by atoms with Gasteiger partial charge in [0.1, 0.15) is 22.5 Å². The molecule has 0 nitrogen and oxygen atoms in total. The average molecular weight is 481 g/mol. The fourth-order valence-electron chi connectivity index (χ4n) is 4.89. The molecule has 0 unspecified atom stereocenters. The van der Waals surface area contributed by atoms with Gasteiger partial charge in [0.15, 0.2) is 0 Å². The average Bonchev–Trinajstić information content (AvgIpc) is 2.85. The van der Waals surface area contributed by atoms with Crippen molar-refractivity contribution in [1.29, 1.82) is 0 Å². The number of allylic oxidation sites excluding steroid dienone is 1. The lowest BCUT2D eigenvalue weighted by atomic mass is 9.78. The molecule has 1 aliphatic carbocycles. The van der Waals surface area contributed by atoms with Crippen LogP contribution < -0.4 is 0 Å². The van der Waals surface area contributed by atoms with Crippen molar-refractivity contribution < 1.29 is 13.2 Å². The van der Waals surface area contributed by atoms with Gasteiger partial charge in [-0.25, -0.2) is 13.2 Å². The first-order chi connectivity index (χ1) is 16.4. The lowest BCUT2D eigenvalue weighted by Gasteiger charge is -2.28. The maximum absolute atomic E-state index is 15.1. The van der Waals surface area contributed by atoms with Gasteiger partial charge in [-0.15, -0.1) is 6.58 Å². The van der Waals surface area contributed by atoms with Gasteiger partial charge in [-0.1, -0.05) is 79.5 Å². The number of rotatable bonds is 6. The number of fused-ring (bicyclic) bond motifs is 1. The van der Waals surface area contributed by atoms with Crippen LogP contribution in [0.3, 0.4) is 0 Å². The van der Waals surface area contributed by atoms with Gasteiger partial charge in [0.05, 0.1) is 5.56 Å². The van der Waals surface area contributed by atoms with E-state index < -0.39 is 22.5 Å². The first-order valence-electron chi connectivity index (χ1n) is 11.9. The van der Waals surface area contributed by atoms with Gasteiger partial charge in [-0.05, 0) is 66.7 Å². The van der Waals surface area contributed by atoms with Gasteiger partial charge in [0, 0.05) is 10.9 Å². The molecule has 0 saturated heterocycles. The maximum Gasteiger partial charge on any atom is 0.146 e. The molecule has 3 aromatic rings. The van der Waals surface area contributed by atoms with Gasteiger partial charge in [0.25, 0.3) is 0 Å². The van der Waals surface area contributed by atoms with Crippen LogP contribution in [-0.2, 0) is 6.42 Å². The largest absolute Gasteiger partial charge is 0.205 e.